The molecule has 0 spiro atoms. The van der Waals surface area contributed by atoms with Gasteiger partial charge in [-0.3, -0.25) is 0 Å². The fourth-order valence-electron chi connectivity index (χ4n) is 14.3. The van der Waals surface area contributed by atoms with E-state index in [0.29, 0.717) is 0 Å². The molecule has 6 heterocycles. The number of anilines is 18. The Morgan fingerprint density at radius 1 is 0.210 bits per heavy atom. The Morgan fingerprint density at radius 2 is 0.440 bits per heavy atom. The molecule has 0 aromatic heterocycles. The van der Waals surface area contributed by atoms with Crippen molar-refractivity contribution in [1.82, 2.24) is 0 Å². The molecule has 13 aromatic carbocycles. The molecule has 6 aliphatic rings. The normalized spacial score (nSPS) is 14.5. The minimum Gasteiger partial charge on any atom is -0.504 e. The maximum absolute atomic E-state index is 3.71. The molecule has 0 atom stereocenters. The maximum atomic E-state index is 3.71. The van der Waals surface area contributed by atoms with Crippen LogP contribution in [0.15, 0.2) is 231 Å². The second kappa shape index (κ2) is 27.2. The van der Waals surface area contributed by atoms with Crippen molar-refractivity contribution in [2.45, 2.75) is 20.8 Å². The summed E-state index contributed by atoms with van der Waals surface area (Å²) in [4.78, 5) is 26.4. The van der Waals surface area contributed by atoms with Crippen molar-refractivity contribution in [1.29, 1.82) is 0 Å². The molecule has 15 heteroatoms. The van der Waals surface area contributed by atoms with Crippen LogP contribution in [0.2, 0.25) is 0 Å². The van der Waals surface area contributed by atoms with Crippen LogP contribution in [0.1, 0.15) is 16.7 Å². The molecule has 0 bridgehead atoms. The molecule has 6 aliphatic heterocycles. The van der Waals surface area contributed by atoms with Crippen LogP contribution in [0, 0.1) is 79.0 Å². The first-order valence-corrected chi connectivity index (χ1v) is 32.9. The van der Waals surface area contributed by atoms with Crippen LogP contribution in [0.4, 0.5) is 102 Å². The average Bonchev–Trinajstić information content (AvgIpc) is 1.58. The number of fused-ring (bicyclic) bond motifs is 10. The molecule has 13 aromatic rings. The second-order valence-corrected chi connectivity index (χ2v) is 26.0. The van der Waals surface area contributed by atoms with Gasteiger partial charge >= 0.3 is 0 Å². The topological polar surface area (TPSA) is 38.9 Å². The van der Waals surface area contributed by atoms with Gasteiger partial charge in [0.2, 0.25) is 0 Å². The Kier molecular flexibility index (Phi) is 18.4. The van der Waals surface area contributed by atoms with Crippen molar-refractivity contribution in [3.63, 3.8) is 0 Å². The van der Waals surface area contributed by atoms with E-state index in [2.05, 4.69) is 411 Å². The molecule has 0 saturated carbocycles. The fourth-order valence-corrected chi connectivity index (χ4v) is 14.3. The van der Waals surface area contributed by atoms with Crippen LogP contribution in [-0.2, 0) is 59.4 Å². The summed E-state index contributed by atoms with van der Waals surface area (Å²) in [6.07, 6.45) is 0. The second-order valence-electron chi connectivity index (χ2n) is 26.0. The van der Waals surface area contributed by atoms with E-state index in [1.54, 1.807) is 0 Å². The van der Waals surface area contributed by atoms with E-state index in [4.69, 9.17) is 0 Å². The van der Waals surface area contributed by atoms with E-state index >= 15 is 0 Å². The number of hydrogen-bond donors (Lipinski definition) is 0. The molecular formula is C85H71N12Os3-9. The minimum atomic E-state index is 0. The van der Waals surface area contributed by atoms with Gasteiger partial charge in [-0.05, 0) is 195 Å². The zero-order valence-corrected chi connectivity index (χ0v) is 64.5. The summed E-state index contributed by atoms with van der Waals surface area (Å²) in [5.74, 6) is 0. The van der Waals surface area contributed by atoms with Gasteiger partial charge in [-0.25, -0.2) is 0 Å². The predicted molar refractivity (Wildman–Crippen MR) is 408 cm³/mol. The summed E-state index contributed by atoms with van der Waals surface area (Å²) in [5.41, 5.74) is 24.2. The SMILES string of the molecule is CN1[CH-]N(c2[c-]c(N3[CH-]N(C)c4cc5cc6ccccc6cc5cc43)ccc2)c2ccccc21.CN1[CH-]N(c2[c-]c(N3[CH-]N(C)c4cc5ccccc5cc43)ccc2)c2ccccc21.Cc1cc(N2[CH-]N(C)c3cc(C)c(C)cc32)[c-]c(N2[CH-]N(C)c3cc4ccccc4cc32)c1.[Os].[Os].[Os]. The average molecular weight is 1830 g/mol. The fraction of sp³-hybridized carbons (Fsp3) is 0.106. The number of benzene rings is 13. The van der Waals surface area contributed by atoms with Crippen LogP contribution in [0.3, 0.4) is 0 Å². The van der Waals surface area contributed by atoms with E-state index in [0.717, 1.165) is 34.1 Å². The number of rotatable bonds is 6. The molecule has 12 nitrogen and oxygen atoms in total. The minimum absolute atomic E-state index is 0. The van der Waals surface area contributed by atoms with Crippen LogP contribution in [-0.4, -0.2) is 42.3 Å². The number of hydrogen-bond acceptors (Lipinski definition) is 12. The molecule has 19 rings (SSSR count). The third-order valence-corrected chi connectivity index (χ3v) is 19.5. The molecule has 0 radical (unpaired) electrons. The van der Waals surface area contributed by atoms with Crippen LogP contribution < -0.4 is 58.8 Å². The van der Waals surface area contributed by atoms with Crippen molar-refractivity contribution in [3.05, 3.63) is 305 Å². The van der Waals surface area contributed by atoms with Crippen LogP contribution >= 0.6 is 0 Å². The zero-order valence-electron chi connectivity index (χ0n) is 56.8. The van der Waals surface area contributed by atoms with Gasteiger partial charge in [0, 0.05) is 128 Å². The Balaban J connectivity index is 0.000000126. The van der Waals surface area contributed by atoms with Crippen molar-refractivity contribution < 1.29 is 59.4 Å². The molecule has 504 valence electrons. The first kappa shape index (κ1) is 67.6. The number of nitrogens with zero attached hydrogens (tertiary/aromatic N) is 12. The van der Waals surface area contributed by atoms with E-state index in [1.165, 1.54) is 128 Å². The summed E-state index contributed by atoms with van der Waals surface area (Å²) in [5, 5.41) is 10.0. The maximum Gasteiger partial charge on any atom is 0.0332 e. The Labute approximate surface area is 627 Å². The molecule has 0 saturated heterocycles. The predicted octanol–water partition coefficient (Wildman–Crippen LogP) is 20.2. The van der Waals surface area contributed by atoms with Crippen molar-refractivity contribution in [2.24, 2.45) is 0 Å². The van der Waals surface area contributed by atoms with E-state index in [1.807, 2.05) is 0 Å². The van der Waals surface area contributed by atoms with Crippen molar-refractivity contribution in [2.75, 3.05) is 101 Å². The summed E-state index contributed by atoms with van der Waals surface area (Å²) in [7, 11) is 12.6. The third-order valence-electron chi connectivity index (χ3n) is 19.5. The summed E-state index contributed by atoms with van der Waals surface area (Å²) < 4.78 is 0. The van der Waals surface area contributed by atoms with Gasteiger partial charge in [0.15, 0.2) is 0 Å². The van der Waals surface area contributed by atoms with Crippen molar-refractivity contribution >= 4 is 145 Å². The largest absolute Gasteiger partial charge is 0.504 e. The molecule has 0 N–H and O–H groups in total. The first-order valence-electron chi connectivity index (χ1n) is 32.9. The third kappa shape index (κ3) is 12.0. The Morgan fingerprint density at radius 3 is 0.800 bits per heavy atom. The number of para-hydroxylation sites is 4. The molecule has 100 heavy (non-hydrogen) atoms. The molecule has 0 aliphatic carbocycles. The van der Waals surface area contributed by atoms with E-state index < -0.39 is 0 Å². The summed E-state index contributed by atoms with van der Waals surface area (Å²) in [6, 6.07) is 93.3. The van der Waals surface area contributed by atoms with Crippen LogP contribution in [0.25, 0.3) is 43.1 Å². The van der Waals surface area contributed by atoms with Gasteiger partial charge in [0.25, 0.3) is 0 Å². The van der Waals surface area contributed by atoms with Crippen LogP contribution in [0.5, 0.6) is 0 Å². The Bertz CT molecular complexity index is 5300. The van der Waals surface area contributed by atoms with E-state index in [-0.39, 0.29) is 59.4 Å². The molecule has 0 unspecified atom stereocenters. The zero-order chi connectivity index (χ0) is 65.9. The van der Waals surface area contributed by atoms with Gasteiger partial charge in [-0.1, -0.05) is 104 Å². The quantitative estimate of drug-likeness (QED) is 0.118. The van der Waals surface area contributed by atoms with Gasteiger partial charge in [0.1, 0.15) is 0 Å². The first-order chi connectivity index (χ1) is 47.2. The smallest absolute Gasteiger partial charge is 0.0332 e. The van der Waals surface area contributed by atoms with Gasteiger partial charge < -0.3 is 58.8 Å². The van der Waals surface area contributed by atoms with Gasteiger partial charge in [-0.2, -0.15) is 57.7 Å². The number of aryl methyl sites for hydroxylation is 3. The monoisotopic (exact) mass is 1840 g/mol. The van der Waals surface area contributed by atoms with Gasteiger partial charge in [-0.15, -0.1) is 88.7 Å². The summed E-state index contributed by atoms with van der Waals surface area (Å²) >= 11 is 0. The standard InChI is InChI=1S/C30H23N4.C29H27N4.C26H21N4.3Os/c1-31-19-33(28-13-6-5-12-27(28)31)25-10-7-11-26(18-25)34-20-32(2)29-16-23-14-21-8-3-4-9-22(21)15-24(23)17-30(29)34;1-19-10-24(32-17-30(4)26-12-20(2)21(3)13-28(26)32)16-25(11-19)33-18-31(5)27-14-22-8-6-7-9-23(22)15-29(27)33;1-27-17-29(24-13-6-5-12-23(24)27)21-10-7-11-22(16-21)30-18-28(2)25-14-19-8-3-4-9-20(19)15-26(25)30;;;/h3-17,19-20H,1-2H3;6-15,17-18H,1-5H3;3-15,17-18H,1-2H3;;;/q3*-3;;;. The van der Waals surface area contributed by atoms with E-state index in [9.17, 15) is 0 Å². The van der Waals surface area contributed by atoms with Gasteiger partial charge in [0.05, 0.1) is 0 Å². The molecular weight excluding hydrogens is 1760 g/mol. The molecule has 0 amide bonds. The molecule has 0 fully saturated rings. The van der Waals surface area contributed by atoms with Crippen molar-refractivity contribution in [3.8, 4) is 0 Å². The Hall–Kier alpha value is -9.59. The summed E-state index contributed by atoms with van der Waals surface area (Å²) in [6.45, 7) is 19.3.